The Morgan fingerprint density at radius 3 is 2.52 bits per heavy atom. The molecule has 1 saturated carbocycles. The van der Waals surface area contributed by atoms with Crippen molar-refractivity contribution in [3.8, 4) is 5.75 Å². The molecule has 2 aromatic rings. The smallest absolute Gasteiger partial charge is 0.236 e. The summed E-state index contributed by atoms with van der Waals surface area (Å²) >= 11 is 0. The second-order valence-corrected chi connectivity index (χ2v) is 8.05. The van der Waals surface area contributed by atoms with E-state index >= 15 is 0 Å². The Balaban J connectivity index is 1.67. The van der Waals surface area contributed by atoms with Crippen molar-refractivity contribution in [3.05, 3.63) is 65.7 Å². The van der Waals surface area contributed by atoms with Crippen molar-refractivity contribution in [2.45, 2.75) is 24.2 Å². The van der Waals surface area contributed by atoms with Crippen LogP contribution >= 0.6 is 10.7 Å². The fourth-order valence-corrected chi connectivity index (χ4v) is 3.99. The van der Waals surface area contributed by atoms with E-state index in [2.05, 4.69) is 0 Å². The second-order valence-electron chi connectivity index (χ2n) is 5.20. The maximum atomic E-state index is 11.3. The summed E-state index contributed by atoms with van der Waals surface area (Å²) in [7, 11) is 1.93. The standard InChI is InChI=1S/C16H15ClO3S/c17-21(18,19)16-10-15(16)13-7-4-8-14(9-13)20-11-12-5-2-1-3-6-12/h1-9,15-16H,10-11H2. The molecule has 1 aliphatic carbocycles. The molecular weight excluding hydrogens is 308 g/mol. The van der Waals surface area contributed by atoms with Crippen molar-refractivity contribution in [1.29, 1.82) is 0 Å². The van der Waals surface area contributed by atoms with E-state index in [1.54, 1.807) is 0 Å². The average molecular weight is 323 g/mol. The second kappa shape index (κ2) is 5.70. The van der Waals surface area contributed by atoms with Gasteiger partial charge < -0.3 is 4.74 Å². The van der Waals surface area contributed by atoms with Crippen LogP contribution in [0.2, 0.25) is 0 Å². The molecule has 0 spiro atoms. The molecule has 0 amide bonds. The van der Waals surface area contributed by atoms with Crippen molar-refractivity contribution in [3.63, 3.8) is 0 Å². The van der Waals surface area contributed by atoms with Gasteiger partial charge in [0.2, 0.25) is 9.05 Å². The van der Waals surface area contributed by atoms with E-state index in [9.17, 15) is 8.42 Å². The SMILES string of the molecule is O=S(=O)(Cl)C1CC1c1cccc(OCc2ccccc2)c1. The average Bonchev–Trinajstić information content (AvgIpc) is 3.27. The summed E-state index contributed by atoms with van der Waals surface area (Å²) in [5.41, 5.74) is 2.06. The highest BCUT2D eigenvalue weighted by molar-refractivity contribution is 8.14. The third-order valence-corrected chi connectivity index (χ3v) is 5.56. The minimum atomic E-state index is -3.46. The number of hydrogen-bond acceptors (Lipinski definition) is 3. The topological polar surface area (TPSA) is 43.4 Å². The molecule has 1 aliphatic rings. The first kappa shape index (κ1) is 14.4. The maximum absolute atomic E-state index is 11.3. The number of benzene rings is 2. The van der Waals surface area contributed by atoms with Gasteiger partial charge in [0, 0.05) is 16.6 Å². The van der Waals surface area contributed by atoms with Crippen LogP contribution in [-0.2, 0) is 15.7 Å². The number of hydrogen-bond donors (Lipinski definition) is 0. The van der Waals surface area contributed by atoms with Crippen LogP contribution in [0.4, 0.5) is 0 Å². The van der Waals surface area contributed by atoms with Crippen molar-refractivity contribution >= 4 is 19.7 Å². The molecule has 0 radical (unpaired) electrons. The molecule has 0 N–H and O–H groups in total. The molecule has 2 aromatic carbocycles. The number of rotatable bonds is 5. The van der Waals surface area contributed by atoms with Crippen LogP contribution in [0.1, 0.15) is 23.5 Å². The fraction of sp³-hybridized carbons (Fsp3) is 0.250. The van der Waals surface area contributed by atoms with Gasteiger partial charge in [0.15, 0.2) is 0 Å². The molecule has 2 atom stereocenters. The Kier molecular flexibility index (Phi) is 3.91. The van der Waals surface area contributed by atoms with E-state index in [0.29, 0.717) is 13.0 Å². The third kappa shape index (κ3) is 3.57. The zero-order valence-electron chi connectivity index (χ0n) is 11.3. The molecule has 0 bridgehead atoms. The van der Waals surface area contributed by atoms with Gasteiger partial charge in [-0.05, 0) is 29.7 Å². The van der Waals surface area contributed by atoms with Crippen LogP contribution in [0, 0.1) is 0 Å². The Morgan fingerprint density at radius 1 is 1.10 bits per heavy atom. The van der Waals surface area contributed by atoms with E-state index < -0.39 is 14.3 Å². The van der Waals surface area contributed by atoms with Gasteiger partial charge in [-0.2, -0.15) is 0 Å². The summed E-state index contributed by atoms with van der Waals surface area (Å²) in [5, 5.41) is -0.455. The monoisotopic (exact) mass is 322 g/mol. The molecule has 110 valence electrons. The van der Waals surface area contributed by atoms with Crippen molar-refractivity contribution in [1.82, 2.24) is 0 Å². The molecule has 0 aromatic heterocycles. The fourth-order valence-electron chi connectivity index (χ4n) is 2.41. The summed E-state index contributed by atoms with van der Waals surface area (Å²) in [6.45, 7) is 0.492. The van der Waals surface area contributed by atoms with Gasteiger partial charge in [-0.1, -0.05) is 42.5 Å². The zero-order chi connectivity index (χ0) is 14.9. The predicted molar refractivity (Wildman–Crippen MR) is 83.1 cm³/mol. The lowest BCUT2D eigenvalue weighted by Gasteiger charge is -2.08. The van der Waals surface area contributed by atoms with Gasteiger partial charge in [-0.25, -0.2) is 8.42 Å². The van der Waals surface area contributed by atoms with Crippen molar-refractivity contribution < 1.29 is 13.2 Å². The maximum Gasteiger partial charge on any atom is 0.236 e. The quantitative estimate of drug-likeness (QED) is 0.788. The highest BCUT2D eigenvalue weighted by Crippen LogP contribution is 2.47. The van der Waals surface area contributed by atoms with Gasteiger partial charge in [-0.3, -0.25) is 0 Å². The van der Waals surface area contributed by atoms with Crippen LogP contribution in [0.5, 0.6) is 5.75 Å². The lowest BCUT2D eigenvalue weighted by atomic mass is 10.1. The Labute approximate surface area is 128 Å². The zero-order valence-corrected chi connectivity index (χ0v) is 12.8. The lowest BCUT2D eigenvalue weighted by Crippen LogP contribution is -2.00. The minimum absolute atomic E-state index is 0.00669. The lowest BCUT2D eigenvalue weighted by molar-refractivity contribution is 0.306. The molecular formula is C16H15ClO3S. The van der Waals surface area contributed by atoms with Crippen LogP contribution in [0.3, 0.4) is 0 Å². The van der Waals surface area contributed by atoms with E-state index in [-0.39, 0.29) is 5.92 Å². The largest absolute Gasteiger partial charge is 0.489 e. The van der Waals surface area contributed by atoms with Crippen LogP contribution in [0.25, 0.3) is 0 Å². The highest BCUT2D eigenvalue weighted by atomic mass is 35.7. The van der Waals surface area contributed by atoms with E-state index in [1.807, 2.05) is 54.6 Å². The predicted octanol–water partition coefficient (Wildman–Crippen LogP) is 3.69. The molecule has 2 unspecified atom stereocenters. The first-order chi connectivity index (χ1) is 10.0. The summed E-state index contributed by atoms with van der Waals surface area (Å²) < 4.78 is 28.4. The molecule has 1 fully saturated rings. The minimum Gasteiger partial charge on any atom is -0.489 e. The number of halogens is 1. The van der Waals surface area contributed by atoms with Gasteiger partial charge in [0.05, 0.1) is 5.25 Å². The van der Waals surface area contributed by atoms with E-state index in [0.717, 1.165) is 16.9 Å². The normalized spacial score (nSPS) is 21.0. The van der Waals surface area contributed by atoms with E-state index in [4.69, 9.17) is 15.4 Å². The summed E-state index contributed by atoms with van der Waals surface area (Å²) in [6, 6.07) is 17.5. The molecule has 0 saturated heterocycles. The molecule has 0 aliphatic heterocycles. The van der Waals surface area contributed by atoms with E-state index in [1.165, 1.54) is 0 Å². The van der Waals surface area contributed by atoms with Crippen molar-refractivity contribution in [2.24, 2.45) is 0 Å². The summed E-state index contributed by atoms with van der Waals surface area (Å²) in [6.07, 6.45) is 0.591. The number of ether oxygens (including phenoxy) is 1. The Morgan fingerprint density at radius 2 is 1.86 bits per heavy atom. The van der Waals surface area contributed by atoms with Gasteiger partial charge in [0.1, 0.15) is 12.4 Å². The van der Waals surface area contributed by atoms with Gasteiger partial charge >= 0.3 is 0 Å². The molecule has 21 heavy (non-hydrogen) atoms. The molecule has 0 heterocycles. The van der Waals surface area contributed by atoms with Crippen molar-refractivity contribution in [2.75, 3.05) is 0 Å². The van der Waals surface area contributed by atoms with Crippen LogP contribution in [0.15, 0.2) is 54.6 Å². The highest BCUT2D eigenvalue weighted by Gasteiger charge is 2.47. The third-order valence-electron chi connectivity index (χ3n) is 3.63. The van der Waals surface area contributed by atoms with Crippen LogP contribution < -0.4 is 4.74 Å². The van der Waals surface area contributed by atoms with Crippen LogP contribution in [-0.4, -0.2) is 13.7 Å². The molecule has 3 rings (SSSR count). The van der Waals surface area contributed by atoms with Gasteiger partial charge in [-0.15, -0.1) is 0 Å². The Hall–Kier alpha value is -1.52. The summed E-state index contributed by atoms with van der Waals surface area (Å²) in [4.78, 5) is 0. The summed E-state index contributed by atoms with van der Waals surface area (Å²) in [5.74, 6) is 0.738. The molecule has 3 nitrogen and oxygen atoms in total. The molecule has 5 heteroatoms. The Bertz CT molecular complexity index is 728. The first-order valence-corrected chi connectivity index (χ1v) is 9.11. The van der Waals surface area contributed by atoms with Gasteiger partial charge in [0.25, 0.3) is 0 Å². The first-order valence-electron chi connectivity index (χ1n) is 6.74.